The van der Waals surface area contributed by atoms with E-state index in [0.717, 1.165) is 20.9 Å². The van der Waals surface area contributed by atoms with Crippen LogP contribution in [0.1, 0.15) is 10.4 Å². The first-order valence-electron chi connectivity index (χ1n) is 6.43. The maximum Gasteiger partial charge on any atom is 0.337 e. The highest BCUT2D eigenvalue weighted by Crippen LogP contribution is 2.32. The van der Waals surface area contributed by atoms with Gasteiger partial charge in [-0.05, 0) is 29.7 Å². The van der Waals surface area contributed by atoms with Crippen LogP contribution in [0.2, 0.25) is 0 Å². The lowest BCUT2D eigenvalue weighted by atomic mass is 10.1. The van der Waals surface area contributed by atoms with Gasteiger partial charge in [-0.2, -0.15) is 0 Å². The van der Waals surface area contributed by atoms with Gasteiger partial charge in [0, 0.05) is 15.5 Å². The summed E-state index contributed by atoms with van der Waals surface area (Å²) in [6, 6.07) is 18.7. The number of rotatable bonds is 3. The Morgan fingerprint density at radius 2 is 1.52 bits per heavy atom. The fourth-order valence-electron chi connectivity index (χ4n) is 2.29. The third-order valence-electron chi connectivity index (χ3n) is 3.30. The zero-order valence-electron chi connectivity index (χ0n) is 11.0. The van der Waals surface area contributed by atoms with Crippen molar-refractivity contribution in [2.45, 2.75) is 0 Å². The minimum atomic E-state index is -0.945. The lowest BCUT2D eigenvalue weighted by Crippen LogP contribution is -2.02. The topological polar surface area (TPSA) is 49.3 Å². The van der Waals surface area contributed by atoms with Crippen LogP contribution in [-0.2, 0) is 0 Å². The van der Waals surface area contributed by atoms with Gasteiger partial charge in [-0.1, -0.05) is 52.3 Å². The Bertz CT molecular complexity index is 830. The molecule has 0 aliphatic carbocycles. The molecule has 0 fully saturated rings. The summed E-state index contributed by atoms with van der Waals surface area (Å²) < 4.78 is 1.01. The average Bonchev–Trinajstić information content (AvgIpc) is 2.51. The summed E-state index contributed by atoms with van der Waals surface area (Å²) >= 11 is 3.53. The van der Waals surface area contributed by atoms with Crippen molar-refractivity contribution in [3.05, 3.63) is 70.7 Å². The van der Waals surface area contributed by atoms with Crippen LogP contribution in [0, 0.1) is 0 Å². The number of fused-ring (bicyclic) bond motifs is 1. The second-order valence-electron chi connectivity index (χ2n) is 4.62. The first kappa shape index (κ1) is 13.6. The van der Waals surface area contributed by atoms with E-state index < -0.39 is 5.97 Å². The van der Waals surface area contributed by atoms with Crippen LogP contribution in [0.3, 0.4) is 0 Å². The number of carbonyl (C=O) groups is 1. The Morgan fingerprint density at radius 1 is 0.857 bits per heavy atom. The molecule has 0 bridgehead atoms. The molecule has 0 aliphatic rings. The molecule has 0 aliphatic heterocycles. The summed E-state index contributed by atoms with van der Waals surface area (Å²) in [6.45, 7) is 0. The highest BCUT2D eigenvalue weighted by atomic mass is 79.9. The molecule has 0 saturated carbocycles. The van der Waals surface area contributed by atoms with Gasteiger partial charge in [0.2, 0.25) is 0 Å². The van der Waals surface area contributed by atoms with Gasteiger partial charge in [-0.15, -0.1) is 0 Å². The number of carboxylic acid groups (broad SMARTS) is 1. The monoisotopic (exact) mass is 341 g/mol. The number of benzene rings is 3. The Labute approximate surface area is 130 Å². The first-order chi connectivity index (χ1) is 10.2. The number of hydrogen-bond acceptors (Lipinski definition) is 2. The fourth-order valence-corrected chi connectivity index (χ4v) is 2.77. The molecule has 3 aromatic rings. The summed E-state index contributed by atoms with van der Waals surface area (Å²) in [7, 11) is 0. The van der Waals surface area contributed by atoms with Gasteiger partial charge in [0.05, 0.1) is 11.3 Å². The van der Waals surface area contributed by atoms with Crippen LogP contribution in [0.4, 0.5) is 11.4 Å². The summed E-state index contributed by atoms with van der Waals surface area (Å²) in [5.41, 5.74) is 1.71. The minimum absolute atomic E-state index is 0.254. The van der Waals surface area contributed by atoms with Gasteiger partial charge < -0.3 is 10.4 Å². The van der Waals surface area contributed by atoms with Gasteiger partial charge in [0.15, 0.2) is 0 Å². The molecular formula is C17H12BrNO2. The highest BCUT2D eigenvalue weighted by molar-refractivity contribution is 9.10. The summed E-state index contributed by atoms with van der Waals surface area (Å²) in [6.07, 6.45) is 0. The number of hydrogen-bond donors (Lipinski definition) is 2. The van der Waals surface area contributed by atoms with Crippen LogP contribution in [0.5, 0.6) is 0 Å². The van der Waals surface area contributed by atoms with E-state index in [1.807, 2.05) is 42.5 Å². The molecule has 0 saturated heterocycles. The summed E-state index contributed by atoms with van der Waals surface area (Å²) in [5, 5.41) is 14.6. The second-order valence-corrected chi connectivity index (χ2v) is 5.47. The van der Waals surface area contributed by atoms with E-state index in [9.17, 15) is 9.90 Å². The molecule has 21 heavy (non-hydrogen) atoms. The van der Waals surface area contributed by atoms with Crippen molar-refractivity contribution in [1.29, 1.82) is 0 Å². The maximum atomic E-state index is 11.3. The summed E-state index contributed by atoms with van der Waals surface area (Å²) in [5.74, 6) is -0.945. The molecule has 3 rings (SSSR count). The van der Waals surface area contributed by atoms with Crippen molar-refractivity contribution < 1.29 is 9.90 Å². The van der Waals surface area contributed by atoms with Gasteiger partial charge in [-0.25, -0.2) is 4.79 Å². The molecule has 0 aromatic heterocycles. The average molecular weight is 342 g/mol. The van der Waals surface area contributed by atoms with Crippen molar-refractivity contribution in [3.63, 3.8) is 0 Å². The molecule has 0 spiro atoms. The normalized spacial score (nSPS) is 10.5. The number of para-hydroxylation sites is 1. The maximum absolute atomic E-state index is 11.3. The molecule has 3 nitrogen and oxygen atoms in total. The predicted octanol–water partition coefficient (Wildman–Crippen LogP) is 5.04. The second kappa shape index (κ2) is 5.58. The Balaban J connectivity index is 2.11. The van der Waals surface area contributed by atoms with Crippen LogP contribution in [0.15, 0.2) is 65.1 Å². The number of anilines is 2. The molecule has 104 valence electrons. The van der Waals surface area contributed by atoms with Crippen LogP contribution >= 0.6 is 15.9 Å². The number of halogens is 1. The largest absolute Gasteiger partial charge is 0.478 e. The van der Waals surface area contributed by atoms with Crippen LogP contribution in [0.25, 0.3) is 10.8 Å². The zero-order chi connectivity index (χ0) is 14.8. The molecule has 3 aromatic carbocycles. The number of aromatic carboxylic acids is 1. The molecular weight excluding hydrogens is 330 g/mol. The van der Waals surface area contributed by atoms with Gasteiger partial charge >= 0.3 is 5.97 Å². The smallest absolute Gasteiger partial charge is 0.337 e. The van der Waals surface area contributed by atoms with Crippen LogP contribution < -0.4 is 5.32 Å². The molecule has 0 radical (unpaired) electrons. The Morgan fingerprint density at radius 3 is 2.29 bits per heavy atom. The highest BCUT2D eigenvalue weighted by Gasteiger charge is 2.10. The predicted molar refractivity (Wildman–Crippen MR) is 88.3 cm³/mol. The molecule has 0 atom stereocenters. The lowest BCUT2D eigenvalue weighted by molar-refractivity contribution is 0.0698. The SMILES string of the molecule is O=C(O)c1ccccc1Nc1ccc(Br)c2ccccc12. The Hall–Kier alpha value is -2.33. The number of nitrogens with one attached hydrogen (secondary N) is 1. The minimum Gasteiger partial charge on any atom is -0.478 e. The van der Waals surface area contributed by atoms with E-state index in [1.165, 1.54) is 0 Å². The zero-order valence-corrected chi connectivity index (χ0v) is 12.6. The van der Waals surface area contributed by atoms with E-state index in [1.54, 1.807) is 18.2 Å². The molecule has 0 unspecified atom stereocenters. The molecule has 0 heterocycles. The number of carboxylic acids is 1. The van der Waals surface area contributed by atoms with E-state index in [2.05, 4.69) is 21.2 Å². The van der Waals surface area contributed by atoms with E-state index in [4.69, 9.17) is 0 Å². The van der Waals surface area contributed by atoms with E-state index in [0.29, 0.717) is 5.69 Å². The third-order valence-corrected chi connectivity index (χ3v) is 3.99. The van der Waals surface area contributed by atoms with Crippen molar-refractivity contribution >= 4 is 44.0 Å². The van der Waals surface area contributed by atoms with E-state index >= 15 is 0 Å². The Kier molecular flexibility index (Phi) is 3.62. The lowest BCUT2D eigenvalue weighted by Gasteiger charge is -2.13. The van der Waals surface area contributed by atoms with Gasteiger partial charge in [0.1, 0.15) is 0 Å². The molecule has 4 heteroatoms. The first-order valence-corrected chi connectivity index (χ1v) is 7.23. The quantitative estimate of drug-likeness (QED) is 0.701. The van der Waals surface area contributed by atoms with Crippen molar-refractivity contribution in [2.75, 3.05) is 5.32 Å². The van der Waals surface area contributed by atoms with Crippen molar-refractivity contribution in [3.8, 4) is 0 Å². The third kappa shape index (κ3) is 2.62. The standard InChI is InChI=1S/C17H12BrNO2/c18-14-9-10-16(12-6-2-1-5-11(12)14)19-15-8-4-3-7-13(15)17(20)21/h1-10,19H,(H,20,21). The molecule has 2 N–H and O–H groups in total. The van der Waals surface area contributed by atoms with E-state index in [-0.39, 0.29) is 5.56 Å². The summed E-state index contributed by atoms with van der Waals surface area (Å²) in [4.78, 5) is 11.3. The molecule has 0 amide bonds. The fraction of sp³-hybridized carbons (Fsp3) is 0. The van der Waals surface area contributed by atoms with Gasteiger partial charge in [-0.3, -0.25) is 0 Å². The van der Waals surface area contributed by atoms with Crippen molar-refractivity contribution in [1.82, 2.24) is 0 Å². The van der Waals surface area contributed by atoms with Crippen molar-refractivity contribution in [2.24, 2.45) is 0 Å². The van der Waals surface area contributed by atoms with Crippen LogP contribution in [-0.4, -0.2) is 11.1 Å². The van der Waals surface area contributed by atoms with Gasteiger partial charge in [0.25, 0.3) is 0 Å².